The van der Waals surface area contributed by atoms with Crippen LogP contribution in [-0.2, 0) is 12.7 Å². The summed E-state index contributed by atoms with van der Waals surface area (Å²) in [4.78, 5) is 2.86. The Hall–Kier alpha value is -2.42. The highest BCUT2D eigenvalue weighted by Crippen LogP contribution is 2.33. The summed E-state index contributed by atoms with van der Waals surface area (Å²) >= 11 is 0. The van der Waals surface area contributed by atoms with E-state index in [1.54, 1.807) is 18.5 Å². The standard InChI is InChI=1S/C13H10F3N3/c14-13(15,16)12-5-11(2-1-10(12)6-17)19-8-9-3-4-18-7-9/h1-5,7,18-19H,8H2. The van der Waals surface area contributed by atoms with E-state index in [0.717, 1.165) is 11.6 Å². The summed E-state index contributed by atoms with van der Waals surface area (Å²) in [6.07, 6.45) is -1.05. The van der Waals surface area contributed by atoms with Crippen LogP contribution in [-0.4, -0.2) is 4.98 Å². The van der Waals surface area contributed by atoms with Gasteiger partial charge in [0.2, 0.25) is 0 Å². The Labute approximate surface area is 107 Å². The molecule has 2 aromatic rings. The van der Waals surface area contributed by atoms with E-state index in [2.05, 4.69) is 10.3 Å². The van der Waals surface area contributed by atoms with E-state index in [1.807, 2.05) is 6.07 Å². The molecule has 0 atom stereocenters. The number of halogens is 3. The number of hydrogen-bond donors (Lipinski definition) is 2. The van der Waals surface area contributed by atoms with E-state index < -0.39 is 11.7 Å². The molecule has 0 unspecified atom stereocenters. The zero-order valence-corrected chi connectivity index (χ0v) is 9.75. The number of benzene rings is 1. The molecule has 0 spiro atoms. The zero-order valence-electron chi connectivity index (χ0n) is 9.75. The van der Waals surface area contributed by atoms with Gasteiger partial charge in [0.15, 0.2) is 0 Å². The van der Waals surface area contributed by atoms with Crippen molar-refractivity contribution >= 4 is 5.69 Å². The van der Waals surface area contributed by atoms with Crippen LogP contribution in [0.4, 0.5) is 18.9 Å². The quantitative estimate of drug-likeness (QED) is 0.892. The van der Waals surface area contributed by atoms with Crippen LogP contribution in [0.25, 0.3) is 0 Å². The average Bonchev–Trinajstić information content (AvgIpc) is 2.88. The van der Waals surface area contributed by atoms with Crippen LogP contribution < -0.4 is 5.32 Å². The Balaban J connectivity index is 2.21. The van der Waals surface area contributed by atoms with Crippen molar-refractivity contribution in [3.05, 3.63) is 53.3 Å². The summed E-state index contributed by atoms with van der Waals surface area (Å²) in [6.45, 7) is 0.409. The molecule has 2 rings (SSSR count). The molecule has 2 N–H and O–H groups in total. The van der Waals surface area contributed by atoms with Gasteiger partial charge in [-0.2, -0.15) is 18.4 Å². The van der Waals surface area contributed by atoms with E-state index in [4.69, 9.17) is 5.26 Å². The molecular formula is C13H10F3N3. The summed E-state index contributed by atoms with van der Waals surface area (Å²) < 4.78 is 38.2. The van der Waals surface area contributed by atoms with E-state index in [-0.39, 0.29) is 5.56 Å². The van der Waals surface area contributed by atoms with Gasteiger partial charge in [-0.05, 0) is 29.8 Å². The maximum Gasteiger partial charge on any atom is 0.417 e. The predicted octanol–water partition coefficient (Wildman–Crippen LogP) is 3.52. The van der Waals surface area contributed by atoms with Crippen molar-refractivity contribution < 1.29 is 13.2 Å². The molecule has 0 radical (unpaired) electrons. The monoisotopic (exact) mass is 265 g/mol. The molecule has 0 aliphatic rings. The summed E-state index contributed by atoms with van der Waals surface area (Å²) in [5, 5.41) is 11.6. The van der Waals surface area contributed by atoms with E-state index >= 15 is 0 Å². The second-order valence-electron chi connectivity index (χ2n) is 3.94. The van der Waals surface area contributed by atoms with Crippen molar-refractivity contribution in [2.24, 2.45) is 0 Å². The smallest absolute Gasteiger partial charge is 0.381 e. The number of nitriles is 1. The molecule has 19 heavy (non-hydrogen) atoms. The molecule has 0 saturated carbocycles. The molecule has 1 aromatic heterocycles. The molecule has 0 aliphatic carbocycles. The van der Waals surface area contributed by atoms with Gasteiger partial charge in [-0.1, -0.05) is 0 Å². The van der Waals surface area contributed by atoms with Gasteiger partial charge in [-0.3, -0.25) is 0 Å². The topological polar surface area (TPSA) is 51.6 Å². The number of anilines is 1. The highest BCUT2D eigenvalue weighted by molar-refractivity contribution is 5.53. The van der Waals surface area contributed by atoms with Crippen molar-refractivity contribution in [2.45, 2.75) is 12.7 Å². The Bertz CT molecular complexity index is 595. The lowest BCUT2D eigenvalue weighted by molar-refractivity contribution is -0.137. The maximum atomic E-state index is 12.7. The van der Waals surface area contributed by atoms with Crippen molar-refractivity contribution in [3.8, 4) is 6.07 Å². The van der Waals surface area contributed by atoms with Gasteiger partial charge in [0.05, 0.1) is 17.2 Å². The predicted molar refractivity (Wildman–Crippen MR) is 64.3 cm³/mol. The van der Waals surface area contributed by atoms with Crippen LogP contribution in [0.2, 0.25) is 0 Å². The maximum absolute atomic E-state index is 12.7. The second kappa shape index (κ2) is 5.06. The van der Waals surface area contributed by atoms with Crippen LogP contribution in [0, 0.1) is 11.3 Å². The lowest BCUT2D eigenvalue weighted by Crippen LogP contribution is -2.09. The van der Waals surface area contributed by atoms with Crippen LogP contribution in [0.1, 0.15) is 16.7 Å². The number of nitrogens with one attached hydrogen (secondary N) is 2. The summed E-state index contributed by atoms with van der Waals surface area (Å²) in [5.74, 6) is 0. The van der Waals surface area contributed by atoms with Gasteiger partial charge in [-0.15, -0.1) is 0 Å². The minimum Gasteiger partial charge on any atom is -0.381 e. The Morgan fingerprint density at radius 3 is 2.63 bits per heavy atom. The molecule has 0 amide bonds. The second-order valence-corrected chi connectivity index (χ2v) is 3.94. The fourth-order valence-electron chi connectivity index (χ4n) is 1.66. The third-order valence-corrected chi connectivity index (χ3v) is 2.60. The summed E-state index contributed by atoms with van der Waals surface area (Å²) in [5.41, 5.74) is -0.0424. The number of aromatic nitrogens is 1. The van der Waals surface area contributed by atoms with Gasteiger partial charge in [-0.25, -0.2) is 0 Å². The van der Waals surface area contributed by atoms with E-state index in [9.17, 15) is 13.2 Å². The first-order valence-electron chi connectivity index (χ1n) is 5.47. The fraction of sp³-hybridized carbons (Fsp3) is 0.154. The zero-order chi connectivity index (χ0) is 13.9. The third-order valence-electron chi connectivity index (χ3n) is 2.60. The highest BCUT2D eigenvalue weighted by atomic mass is 19.4. The first-order chi connectivity index (χ1) is 9.00. The van der Waals surface area contributed by atoms with Crippen LogP contribution in [0.5, 0.6) is 0 Å². The minimum atomic E-state index is -4.53. The highest BCUT2D eigenvalue weighted by Gasteiger charge is 2.33. The molecule has 0 aliphatic heterocycles. The molecule has 0 bridgehead atoms. The molecular weight excluding hydrogens is 255 g/mol. The fourth-order valence-corrected chi connectivity index (χ4v) is 1.66. The summed E-state index contributed by atoms with van der Waals surface area (Å²) in [6, 6.07) is 6.94. The van der Waals surface area contributed by atoms with Crippen LogP contribution in [0.3, 0.4) is 0 Å². The molecule has 98 valence electrons. The number of H-pyrrole nitrogens is 1. The number of alkyl halides is 3. The Kier molecular flexibility index (Phi) is 3.47. The van der Waals surface area contributed by atoms with Gasteiger partial charge in [0.1, 0.15) is 0 Å². The van der Waals surface area contributed by atoms with Crippen molar-refractivity contribution in [1.29, 1.82) is 5.26 Å². The minimum absolute atomic E-state index is 0.326. The van der Waals surface area contributed by atoms with E-state index in [1.165, 1.54) is 12.1 Å². The SMILES string of the molecule is N#Cc1ccc(NCc2cc[nH]c2)cc1C(F)(F)F. The molecule has 0 saturated heterocycles. The first kappa shape index (κ1) is 13.0. The molecule has 0 fully saturated rings. The van der Waals surface area contributed by atoms with Crippen molar-refractivity contribution in [3.63, 3.8) is 0 Å². The van der Waals surface area contributed by atoms with E-state index in [0.29, 0.717) is 12.2 Å². The number of rotatable bonds is 3. The largest absolute Gasteiger partial charge is 0.417 e. The van der Waals surface area contributed by atoms with Crippen LogP contribution >= 0.6 is 0 Å². The Morgan fingerprint density at radius 2 is 2.05 bits per heavy atom. The molecule has 1 aromatic carbocycles. The van der Waals surface area contributed by atoms with Crippen LogP contribution in [0.15, 0.2) is 36.7 Å². The molecule has 3 nitrogen and oxygen atoms in total. The number of nitrogens with zero attached hydrogens (tertiary/aromatic N) is 1. The third kappa shape index (κ3) is 3.07. The number of hydrogen-bond acceptors (Lipinski definition) is 2. The lowest BCUT2D eigenvalue weighted by atomic mass is 10.1. The van der Waals surface area contributed by atoms with Gasteiger partial charge in [0, 0.05) is 24.6 Å². The number of aromatic amines is 1. The average molecular weight is 265 g/mol. The van der Waals surface area contributed by atoms with Crippen molar-refractivity contribution in [2.75, 3.05) is 5.32 Å². The molecule has 1 heterocycles. The van der Waals surface area contributed by atoms with Gasteiger partial charge in [0.25, 0.3) is 0 Å². The summed E-state index contributed by atoms with van der Waals surface area (Å²) in [7, 11) is 0. The van der Waals surface area contributed by atoms with Crippen molar-refractivity contribution in [1.82, 2.24) is 4.98 Å². The first-order valence-corrected chi connectivity index (χ1v) is 5.47. The lowest BCUT2D eigenvalue weighted by Gasteiger charge is -2.11. The Morgan fingerprint density at radius 1 is 1.26 bits per heavy atom. The van der Waals surface area contributed by atoms with Gasteiger partial charge < -0.3 is 10.3 Å². The molecule has 6 heteroatoms. The normalized spacial score (nSPS) is 11.1. The van der Waals surface area contributed by atoms with Gasteiger partial charge >= 0.3 is 6.18 Å².